The van der Waals surface area contributed by atoms with E-state index >= 15 is 0 Å². The first kappa shape index (κ1) is 17.1. The van der Waals surface area contributed by atoms with E-state index in [1.807, 2.05) is 18.2 Å². The third-order valence-corrected chi connectivity index (χ3v) is 5.35. The van der Waals surface area contributed by atoms with Gasteiger partial charge in [-0.3, -0.25) is 4.79 Å². The lowest BCUT2D eigenvalue weighted by molar-refractivity contribution is -0.127. The molecule has 2 atom stereocenters. The fraction of sp³-hybridized carbons (Fsp3) is 0.632. The number of carbonyl (C=O) groups is 1. The number of hydrogen-bond donors (Lipinski definition) is 2. The fourth-order valence-corrected chi connectivity index (χ4v) is 3.87. The van der Waals surface area contributed by atoms with E-state index in [4.69, 9.17) is 15.2 Å². The number of hydrogen-bond acceptors (Lipinski definition) is 4. The van der Waals surface area contributed by atoms with Gasteiger partial charge in [-0.1, -0.05) is 19.3 Å². The number of rotatable bonds is 5. The third-order valence-electron chi connectivity index (χ3n) is 5.35. The molecule has 1 saturated carbocycles. The van der Waals surface area contributed by atoms with Gasteiger partial charge in [-0.2, -0.15) is 0 Å². The standard InChI is InChI=1S/C19H28N2O3/c1-23-16-7-8-18-14(10-16)9-15(12-24-18)19(22)21-17(11-20)13-5-3-2-4-6-13/h7-8,10,13,15,17H,2-6,9,11-12,20H2,1H3,(H,21,22). The van der Waals surface area contributed by atoms with Crippen LogP contribution in [-0.2, 0) is 11.2 Å². The van der Waals surface area contributed by atoms with Crippen LogP contribution in [0.1, 0.15) is 37.7 Å². The largest absolute Gasteiger partial charge is 0.497 e. The van der Waals surface area contributed by atoms with E-state index in [0.29, 0.717) is 25.5 Å². The van der Waals surface area contributed by atoms with Crippen molar-refractivity contribution in [1.82, 2.24) is 5.32 Å². The second kappa shape index (κ2) is 7.88. The Hall–Kier alpha value is -1.75. The molecule has 1 heterocycles. The Morgan fingerprint density at radius 1 is 1.38 bits per heavy atom. The molecule has 2 aliphatic rings. The Labute approximate surface area is 143 Å². The highest BCUT2D eigenvalue weighted by molar-refractivity contribution is 5.80. The summed E-state index contributed by atoms with van der Waals surface area (Å²) < 4.78 is 11.0. The van der Waals surface area contributed by atoms with Gasteiger partial charge in [-0.15, -0.1) is 0 Å². The number of methoxy groups -OCH3 is 1. The van der Waals surface area contributed by atoms with E-state index in [1.54, 1.807) is 7.11 Å². The summed E-state index contributed by atoms with van der Waals surface area (Å²) in [6.45, 7) is 0.932. The highest BCUT2D eigenvalue weighted by Crippen LogP contribution is 2.31. The molecule has 1 aliphatic heterocycles. The minimum absolute atomic E-state index is 0.0597. The van der Waals surface area contributed by atoms with E-state index in [1.165, 1.54) is 32.1 Å². The molecule has 0 saturated heterocycles. The number of amides is 1. The van der Waals surface area contributed by atoms with Crippen LogP contribution < -0.4 is 20.5 Å². The van der Waals surface area contributed by atoms with Crippen molar-refractivity contribution in [2.45, 2.75) is 44.6 Å². The molecule has 132 valence electrons. The van der Waals surface area contributed by atoms with Crippen molar-refractivity contribution >= 4 is 5.91 Å². The van der Waals surface area contributed by atoms with Crippen molar-refractivity contribution in [2.75, 3.05) is 20.3 Å². The Morgan fingerprint density at radius 2 is 2.17 bits per heavy atom. The summed E-state index contributed by atoms with van der Waals surface area (Å²) in [6, 6.07) is 5.83. The van der Waals surface area contributed by atoms with Gasteiger partial charge in [0.1, 0.15) is 18.1 Å². The van der Waals surface area contributed by atoms with Gasteiger partial charge in [0.2, 0.25) is 5.91 Å². The summed E-state index contributed by atoms with van der Waals surface area (Å²) in [7, 11) is 1.64. The molecule has 0 bridgehead atoms. The van der Waals surface area contributed by atoms with Gasteiger partial charge in [0.15, 0.2) is 0 Å². The Bertz CT molecular complexity index is 570. The molecule has 1 aromatic rings. The predicted molar refractivity (Wildman–Crippen MR) is 93.2 cm³/mol. The average molecular weight is 332 g/mol. The second-order valence-electron chi connectivity index (χ2n) is 6.93. The van der Waals surface area contributed by atoms with E-state index < -0.39 is 0 Å². The van der Waals surface area contributed by atoms with E-state index in [9.17, 15) is 4.79 Å². The molecule has 24 heavy (non-hydrogen) atoms. The van der Waals surface area contributed by atoms with E-state index in [0.717, 1.165) is 17.1 Å². The molecule has 5 heteroatoms. The van der Waals surface area contributed by atoms with Crippen molar-refractivity contribution in [3.05, 3.63) is 23.8 Å². The predicted octanol–water partition coefficient (Wildman–Crippen LogP) is 2.27. The number of fused-ring (bicyclic) bond motifs is 1. The van der Waals surface area contributed by atoms with Gasteiger partial charge in [0, 0.05) is 12.6 Å². The highest BCUT2D eigenvalue weighted by Gasteiger charge is 2.30. The van der Waals surface area contributed by atoms with Crippen LogP contribution in [0, 0.1) is 11.8 Å². The number of benzene rings is 1. The van der Waals surface area contributed by atoms with Crippen LogP contribution in [0.25, 0.3) is 0 Å². The maximum atomic E-state index is 12.7. The summed E-state index contributed by atoms with van der Waals surface area (Å²) in [5.74, 6) is 2.05. The minimum atomic E-state index is -0.165. The minimum Gasteiger partial charge on any atom is -0.497 e. The number of nitrogens with one attached hydrogen (secondary N) is 1. The molecule has 3 N–H and O–H groups in total. The molecule has 2 unspecified atom stereocenters. The van der Waals surface area contributed by atoms with E-state index in [2.05, 4.69) is 5.32 Å². The Morgan fingerprint density at radius 3 is 2.88 bits per heavy atom. The summed E-state index contributed by atoms with van der Waals surface area (Å²) in [5, 5.41) is 3.19. The first-order valence-electron chi connectivity index (χ1n) is 9.01. The van der Waals surface area contributed by atoms with Gasteiger partial charge >= 0.3 is 0 Å². The summed E-state index contributed by atoms with van der Waals surface area (Å²) in [6.07, 6.45) is 6.82. The van der Waals surface area contributed by atoms with Crippen molar-refractivity contribution in [2.24, 2.45) is 17.6 Å². The third kappa shape index (κ3) is 3.83. The Kier molecular flexibility index (Phi) is 5.61. The van der Waals surface area contributed by atoms with E-state index in [-0.39, 0.29) is 17.9 Å². The molecule has 1 aromatic carbocycles. The van der Waals surface area contributed by atoms with Crippen LogP contribution in [-0.4, -0.2) is 32.2 Å². The number of carbonyl (C=O) groups excluding carboxylic acids is 1. The van der Waals surface area contributed by atoms with Crippen molar-refractivity contribution in [1.29, 1.82) is 0 Å². The first-order chi connectivity index (χ1) is 11.7. The van der Waals surface area contributed by atoms with Crippen LogP contribution in [0.5, 0.6) is 11.5 Å². The first-order valence-corrected chi connectivity index (χ1v) is 9.01. The second-order valence-corrected chi connectivity index (χ2v) is 6.93. The normalized spacial score (nSPS) is 22.2. The smallest absolute Gasteiger partial charge is 0.227 e. The molecular formula is C19H28N2O3. The van der Waals surface area contributed by atoms with Crippen LogP contribution in [0.3, 0.4) is 0 Å². The molecule has 0 radical (unpaired) electrons. The lowest BCUT2D eigenvalue weighted by Crippen LogP contribution is -2.49. The van der Waals surface area contributed by atoms with Crippen molar-refractivity contribution in [3.63, 3.8) is 0 Å². The zero-order valence-corrected chi connectivity index (χ0v) is 14.4. The van der Waals surface area contributed by atoms with Gasteiger partial charge in [0.25, 0.3) is 0 Å². The molecular weight excluding hydrogens is 304 g/mol. The zero-order valence-electron chi connectivity index (χ0n) is 14.4. The molecule has 1 aliphatic carbocycles. The quantitative estimate of drug-likeness (QED) is 0.867. The van der Waals surface area contributed by atoms with Crippen LogP contribution >= 0.6 is 0 Å². The lowest BCUT2D eigenvalue weighted by atomic mass is 9.83. The van der Waals surface area contributed by atoms with Crippen LogP contribution in [0.4, 0.5) is 0 Å². The van der Waals surface area contributed by atoms with Crippen molar-refractivity contribution < 1.29 is 14.3 Å². The highest BCUT2D eigenvalue weighted by atomic mass is 16.5. The van der Waals surface area contributed by atoms with Crippen LogP contribution in [0.2, 0.25) is 0 Å². The molecule has 0 spiro atoms. The topological polar surface area (TPSA) is 73.6 Å². The van der Waals surface area contributed by atoms with Crippen LogP contribution in [0.15, 0.2) is 18.2 Å². The fourth-order valence-electron chi connectivity index (χ4n) is 3.87. The van der Waals surface area contributed by atoms with Gasteiger partial charge in [-0.25, -0.2) is 0 Å². The summed E-state index contributed by atoms with van der Waals surface area (Å²) >= 11 is 0. The molecule has 1 fully saturated rings. The van der Waals surface area contributed by atoms with Gasteiger partial charge in [0.05, 0.1) is 13.0 Å². The van der Waals surface area contributed by atoms with Crippen molar-refractivity contribution in [3.8, 4) is 11.5 Å². The molecule has 5 nitrogen and oxygen atoms in total. The van der Waals surface area contributed by atoms with Gasteiger partial charge < -0.3 is 20.5 Å². The molecule has 0 aromatic heterocycles. The number of ether oxygens (including phenoxy) is 2. The Balaban J connectivity index is 1.62. The lowest BCUT2D eigenvalue weighted by Gasteiger charge is -2.32. The zero-order chi connectivity index (χ0) is 16.9. The number of nitrogens with two attached hydrogens (primary N) is 1. The maximum absolute atomic E-state index is 12.7. The molecule has 1 amide bonds. The SMILES string of the molecule is COc1ccc2c(c1)CC(C(=O)NC(CN)C1CCCCC1)CO2. The molecule has 3 rings (SSSR count). The monoisotopic (exact) mass is 332 g/mol. The summed E-state index contributed by atoms with van der Waals surface area (Å²) in [4.78, 5) is 12.7. The van der Waals surface area contributed by atoms with Gasteiger partial charge in [-0.05, 0) is 48.9 Å². The summed E-state index contributed by atoms with van der Waals surface area (Å²) in [5.41, 5.74) is 6.96. The average Bonchev–Trinajstić information content (AvgIpc) is 2.65. The maximum Gasteiger partial charge on any atom is 0.227 e.